The van der Waals surface area contributed by atoms with Crippen LogP contribution in [0.4, 0.5) is 0 Å². The summed E-state index contributed by atoms with van der Waals surface area (Å²) in [6.45, 7) is 15.2. The van der Waals surface area contributed by atoms with Gasteiger partial charge in [0.15, 0.2) is 6.10 Å². The highest BCUT2D eigenvalue weighted by Gasteiger charge is 2.84. The molecular weight excluding hydrogens is 516 g/mol. The summed E-state index contributed by atoms with van der Waals surface area (Å²) >= 11 is 0. The number of rotatable bonds is 4. The number of aliphatic hydroxyl groups is 3. The fourth-order valence-corrected chi connectivity index (χ4v) is 13.1. The van der Waals surface area contributed by atoms with Gasteiger partial charge in [0.25, 0.3) is 0 Å². The molecule has 1 aliphatic heterocycles. The van der Waals surface area contributed by atoms with Crippen molar-refractivity contribution in [3.05, 3.63) is 0 Å². The van der Waals surface area contributed by atoms with Crippen LogP contribution in [0.25, 0.3) is 0 Å². The number of carbonyl (C=O) groups excluding carboxylic acids is 1. The van der Waals surface area contributed by atoms with Crippen LogP contribution < -0.4 is 0 Å². The van der Waals surface area contributed by atoms with Crippen molar-refractivity contribution in [1.82, 2.24) is 0 Å². The third kappa shape index (κ3) is 3.48. The van der Waals surface area contributed by atoms with Crippen LogP contribution in [-0.2, 0) is 14.3 Å². The fraction of sp³-hybridized carbons (Fsp3) is 0.971. The van der Waals surface area contributed by atoms with Crippen LogP contribution in [-0.4, -0.2) is 57.4 Å². The Labute approximate surface area is 247 Å². The molecule has 1 heterocycles. The third-order valence-corrected chi connectivity index (χ3v) is 15.5. The molecule has 0 aromatic rings. The maximum Gasteiger partial charge on any atom is 0.309 e. The van der Waals surface area contributed by atoms with Crippen molar-refractivity contribution in [2.45, 2.75) is 155 Å². The first-order valence-electron chi connectivity index (χ1n) is 17.0. The lowest BCUT2D eigenvalue weighted by atomic mass is 9.41. The second kappa shape index (κ2) is 8.73. The molecule has 0 aromatic heterocycles. The van der Waals surface area contributed by atoms with E-state index in [1.807, 2.05) is 0 Å². The van der Waals surface area contributed by atoms with E-state index in [-0.39, 0.29) is 57.6 Å². The van der Waals surface area contributed by atoms with Gasteiger partial charge in [-0.05, 0) is 123 Å². The maximum atomic E-state index is 12.9. The van der Waals surface area contributed by atoms with Crippen LogP contribution in [0.5, 0.6) is 0 Å². The molecule has 6 heteroatoms. The highest BCUT2D eigenvalue weighted by molar-refractivity contribution is 5.73. The number of aliphatic hydroxyl groups excluding tert-OH is 2. The van der Waals surface area contributed by atoms with E-state index in [1.54, 1.807) is 13.8 Å². The summed E-state index contributed by atoms with van der Waals surface area (Å²) in [5.74, 6) is 1.26. The summed E-state index contributed by atoms with van der Waals surface area (Å²) < 4.78 is 12.9. The minimum Gasteiger partial charge on any atom is -0.456 e. The minimum absolute atomic E-state index is 0.0372. The van der Waals surface area contributed by atoms with Crippen LogP contribution >= 0.6 is 0 Å². The van der Waals surface area contributed by atoms with Gasteiger partial charge >= 0.3 is 5.97 Å². The lowest BCUT2D eigenvalue weighted by Gasteiger charge is -2.63. The molecule has 0 bridgehead atoms. The van der Waals surface area contributed by atoms with Crippen LogP contribution in [0.15, 0.2) is 0 Å². The number of ether oxygens (including phenoxy) is 2. The van der Waals surface area contributed by atoms with E-state index in [4.69, 9.17) is 9.47 Å². The molecule has 6 nitrogen and oxygen atoms in total. The molecule has 13 atom stereocenters. The van der Waals surface area contributed by atoms with Crippen molar-refractivity contribution in [2.75, 3.05) is 0 Å². The van der Waals surface area contributed by atoms with Crippen LogP contribution in [0.1, 0.15) is 119 Å². The van der Waals surface area contributed by atoms with E-state index in [0.717, 1.165) is 57.8 Å². The van der Waals surface area contributed by atoms with Crippen molar-refractivity contribution < 1.29 is 29.6 Å². The van der Waals surface area contributed by atoms with Gasteiger partial charge in [0, 0.05) is 5.41 Å². The fourth-order valence-electron chi connectivity index (χ4n) is 13.1. The van der Waals surface area contributed by atoms with Gasteiger partial charge in [-0.3, -0.25) is 4.79 Å². The quantitative estimate of drug-likeness (QED) is 0.377. The zero-order valence-electron chi connectivity index (χ0n) is 26.6. The first kappa shape index (κ1) is 29.0. The molecule has 3 unspecified atom stereocenters. The Bertz CT molecular complexity index is 1090. The molecule has 7 fully saturated rings. The van der Waals surface area contributed by atoms with Gasteiger partial charge in [-0.25, -0.2) is 0 Å². The monoisotopic (exact) mass is 572 g/mol. The van der Waals surface area contributed by atoms with Gasteiger partial charge in [-0.2, -0.15) is 0 Å². The predicted octanol–water partition coefficient (Wildman–Crippen LogP) is 5.64. The molecule has 232 valence electrons. The highest BCUT2D eigenvalue weighted by atomic mass is 16.6. The van der Waals surface area contributed by atoms with Crippen molar-refractivity contribution in [3.63, 3.8) is 0 Å². The summed E-state index contributed by atoms with van der Waals surface area (Å²) in [7, 11) is 0. The Morgan fingerprint density at radius 3 is 2.24 bits per heavy atom. The summed E-state index contributed by atoms with van der Waals surface area (Å²) in [6, 6.07) is 0. The van der Waals surface area contributed by atoms with Gasteiger partial charge in [-0.1, -0.05) is 41.0 Å². The number of hydrogen-bond donors (Lipinski definition) is 3. The first-order valence-corrected chi connectivity index (χ1v) is 17.0. The Balaban J connectivity index is 1.19. The average molecular weight is 573 g/mol. The lowest BCUT2D eigenvalue weighted by Crippen LogP contribution is -2.59. The minimum atomic E-state index is -1.23. The molecule has 0 aromatic carbocycles. The predicted molar refractivity (Wildman–Crippen MR) is 156 cm³/mol. The zero-order chi connectivity index (χ0) is 29.5. The number of fused-ring (bicyclic) bond motifs is 4. The van der Waals surface area contributed by atoms with Crippen molar-refractivity contribution in [1.29, 1.82) is 0 Å². The summed E-state index contributed by atoms with van der Waals surface area (Å²) in [5.41, 5.74) is -0.998. The van der Waals surface area contributed by atoms with Crippen molar-refractivity contribution in [2.24, 2.45) is 56.7 Å². The van der Waals surface area contributed by atoms with E-state index in [1.165, 1.54) is 12.8 Å². The normalized spacial score (nSPS) is 54.4. The second-order valence-electron chi connectivity index (χ2n) is 17.7. The van der Waals surface area contributed by atoms with E-state index < -0.39 is 23.9 Å². The van der Waals surface area contributed by atoms with Gasteiger partial charge in [0.05, 0.1) is 35.9 Å². The van der Waals surface area contributed by atoms with Gasteiger partial charge in [0.1, 0.15) is 0 Å². The molecule has 7 aliphatic rings. The summed E-state index contributed by atoms with van der Waals surface area (Å²) in [6.07, 6.45) is 9.07. The second-order valence-corrected chi connectivity index (χ2v) is 17.7. The van der Waals surface area contributed by atoms with Gasteiger partial charge < -0.3 is 24.8 Å². The smallest absolute Gasteiger partial charge is 0.309 e. The van der Waals surface area contributed by atoms with E-state index in [9.17, 15) is 20.1 Å². The Morgan fingerprint density at radius 1 is 0.951 bits per heavy atom. The molecule has 7 rings (SSSR count). The van der Waals surface area contributed by atoms with Crippen molar-refractivity contribution >= 4 is 5.97 Å². The number of carbonyl (C=O) groups is 1. The van der Waals surface area contributed by atoms with Gasteiger partial charge in [0.2, 0.25) is 0 Å². The Hall–Kier alpha value is -0.690. The zero-order valence-corrected chi connectivity index (χ0v) is 26.6. The van der Waals surface area contributed by atoms with E-state index in [0.29, 0.717) is 17.3 Å². The van der Waals surface area contributed by atoms with Crippen LogP contribution in [0.3, 0.4) is 0 Å². The first-order chi connectivity index (χ1) is 19.0. The molecule has 3 N–H and O–H groups in total. The van der Waals surface area contributed by atoms with Crippen molar-refractivity contribution in [3.8, 4) is 0 Å². The highest BCUT2D eigenvalue weighted by Crippen LogP contribution is 2.89. The molecule has 6 aliphatic carbocycles. The number of esters is 1. The molecule has 1 saturated heterocycles. The maximum absolute atomic E-state index is 12.9. The topological polar surface area (TPSA) is 96.2 Å². The number of hydrogen-bond acceptors (Lipinski definition) is 6. The standard InChI is InChI=1S/C35H56O6/c1-19-17-21(28(31(4,5)39)41-29(38)20-9-8-10-20)40-26-25(19)32(6)15-16-35-18-34(35)14-13-24(36)30(2,3)22(34)11-12-23(35)33(32,7)27(26)37/h19-28,36-37,39H,8-18H2,1-7H3/t19-,21?,22+,23?,24+,25+,26?,27+,28+,32-,33-,34-,35+/m1/s1. The van der Waals surface area contributed by atoms with E-state index in [2.05, 4.69) is 34.6 Å². The van der Waals surface area contributed by atoms with Crippen LogP contribution in [0, 0.1) is 56.7 Å². The summed E-state index contributed by atoms with van der Waals surface area (Å²) in [4.78, 5) is 12.9. The average Bonchev–Trinajstić information content (AvgIpc) is 3.48. The third-order valence-electron chi connectivity index (χ3n) is 15.5. The molecule has 2 spiro atoms. The Kier molecular flexibility index (Phi) is 6.18. The van der Waals surface area contributed by atoms with Gasteiger partial charge in [-0.15, -0.1) is 0 Å². The molecule has 41 heavy (non-hydrogen) atoms. The molecular formula is C35H56O6. The Morgan fingerprint density at radius 2 is 1.61 bits per heavy atom. The SMILES string of the molecule is C[C@@H]1CC([C@H](OC(=O)C2CCC2)C(C)(C)O)OC2[C@H]1[C@@]1(C)CC[C@@]34C[C@@]35CC[C@H](O)C(C)(C)[C@@H]5CCC4[C@]1(C)[C@H]2O. The van der Waals surface area contributed by atoms with E-state index >= 15 is 0 Å². The molecule has 0 amide bonds. The summed E-state index contributed by atoms with van der Waals surface area (Å²) in [5, 5.41) is 34.6. The largest absolute Gasteiger partial charge is 0.456 e. The lowest BCUT2D eigenvalue weighted by molar-refractivity contribution is -0.220. The van der Waals surface area contributed by atoms with Crippen LogP contribution in [0.2, 0.25) is 0 Å². The molecule has 0 radical (unpaired) electrons. The molecule has 6 saturated carbocycles.